The van der Waals surface area contributed by atoms with E-state index in [4.69, 9.17) is 5.11 Å². The fraction of sp³-hybridized carbons (Fsp3) is 1.00. The molecule has 1 N–H and O–H groups in total. The van der Waals surface area contributed by atoms with Gasteiger partial charge in [-0.05, 0) is 19.3 Å². The Morgan fingerprint density at radius 2 is 1.80 bits per heavy atom. The summed E-state index contributed by atoms with van der Waals surface area (Å²) in [7, 11) is 0. The van der Waals surface area contributed by atoms with Gasteiger partial charge in [0.15, 0.2) is 0 Å². The molecule has 0 unspecified atom stereocenters. The first-order chi connectivity index (χ1) is 4.91. The molecule has 10 heavy (non-hydrogen) atoms. The third kappa shape index (κ3) is 7.92. The third-order valence-corrected chi connectivity index (χ3v) is 1.39. The van der Waals surface area contributed by atoms with Crippen molar-refractivity contribution in [3.05, 3.63) is 0 Å². The SMILES string of the molecule is CCCC[N]CCCCO. The summed E-state index contributed by atoms with van der Waals surface area (Å²) in [6, 6.07) is 0. The van der Waals surface area contributed by atoms with Crippen molar-refractivity contribution in [2.75, 3.05) is 19.7 Å². The summed E-state index contributed by atoms with van der Waals surface area (Å²) >= 11 is 0. The molecule has 0 amide bonds. The lowest BCUT2D eigenvalue weighted by molar-refractivity contribution is 0.283. The Kier molecular flexibility index (Phi) is 8.85. The first kappa shape index (κ1) is 9.92. The molecule has 0 heterocycles. The van der Waals surface area contributed by atoms with Crippen LogP contribution in [0.1, 0.15) is 32.6 Å². The van der Waals surface area contributed by atoms with Gasteiger partial charge < -0.3 is 5.11 Å². The first-order valence-electron chi connectivity index (χ1n) is 4.16. The molecule has 61 valence electrons. The molecule has 0 aliphatic rings. The highest BCUT2D eigenvalue weighted by molar-refractivity contribution is 4.46. The van der Waals surface area contributed by atoms with Crippen molar-refractivity contribution in [1.82, 2.24) is 5.32 Å². The number of aliphatic hydroxyl groups is 1. The van der Waals surface area contributed by atoms with Crippen LogP contribution in [0.25, 0.3) is 0 Å². The molecule has 0 fully saturated rings. The summed E-state index contributed by atoms with van der Waals surface area (Å²) in [6.07, 6.45) is 4.37. The number of hydrogen-bond acceptors (Lipinski definition) is 1. The summed E-state index contributed by atoms with van der Waals surface area (Å²) in [5, 5.41) is 12.7. The van der Waals surface area contributed by atoms with Crippen molar-refractivity contribution >= 4 is 0 Å². The average molecular weight is 144 g/mol. The lowest BCUT2D eigenvalue weighted by Gasteiger charge is -1.98. The molecule has 1 radical (unpaired) electrons. The van der Waals surface area contributed by atoms with E-state index >= 15 is 0 Å². The molecule has 0 spiro atoms. The molecule has 2 heteroatoms. The van der Waals surface area contributed by atoms with Crippen molar-refractivity contribution in [3.8, 4) is 0 Å². The Morgan fingerprint density at radius 3 is 2.40 bits per heavy atom. The zero-order valence-electron chi connectivity index (χ0n) is 6.84. The Bertz CT molecular complexity index is 49.2. The largest absolute Gasteiger partial charge is 0.396 e. The zero-order chi connectivity index (χ0) is 7.66. The van der Waals surface area contributed by atoms with E-state index in [1.807, 2.05) is 0 Å². The second-order valence-corrected chi connectivity index (χ2v) is 2.46. The summed E-state index contributed by atoms with van der Waals surface area (Å²) < 4.78 is 0. The molecule has 0 saturated heterocycles. The van der Waals surface area contributed by atoms with Crippen LogP contribution >= 0.6 is 0 Å². The van der Waals surface area contributed by atoms with Crippen LogP contribution in [-0.2, 0) is 0 Å². The van der Waals surface area contributed by atoms with E-state index in [1.54, 1.807) is 0 Å². The highest BCUT2D eigenvalue weighted by Gasteiger charge is 1.87. The van der Waals surface area contributed by atoms with Gasteiger partial charge >= 0.3 is 0 Å². The number of aliphatic hydroxyl groups excluding tert-OH is 1. The van der Waals surface area contributed by atoms with Gasteiger partial charge in [-0.1, -0.05) is 13.3 Å². The molecule has 0 saturated carbocycles. The predicted molar refractivity (Wildman–Crippen MR) is 43.1 cm³/mol. The Balaban J connectivity index is 2.65. The highest BCUT2D eigenvalue weighted by Crippen LogP contribution is 1.87. The maximum Gasteiger partial charge on any atom is 0.0431 e. The van der Waals surface area contributed by atoms with Gasteiger partial charge in [0.2, 0.25) is 0 Å². The van der Waals surface area contributed by atoms with Crippen LogP contribution in [0.5, 0.6) is 0 Å². The molecule has 0 atom stereocenters. The van der Waals surface area contributed by atoms with Gasteiger partial charge in [0.05, 0.1) is 0 Å². The van der Waals surface area contributed by atoms with Crippen LogP contribution in [0.4, 0.5) is 0 Å². The lowest BCUT2D eigenvalue weighted by Crippen LogP contribution is -2.08. The molecular formula is C8H18NO. The number of rotatable bonds is 7. The fourth-order valence-corrected chi connectivity index (χ4v) is 0.717. The van der Waals surface area contributed by atoms with Gasteiger partial charge in [0.25, 0.3) is 0 Å². The molecule has 0 aromatic heterocycles. The standard InChI is InChI=1S/C8H18NO/c1-2-3-6-9-7-4-5-8-10/h10H,2-8H2,1H3. The van der Waals surface area contributed by atoms with E-state index in [1.165, 1.54) is 12.8 Å². The minimum absolute atomic E-state index is 0.309. The quantitative estimate of drug-likeness (QED) is 0.535. The van der Waals surface area contributed by atoms with Gasteiger partial charge in [-0.3, -0.25) is 0 Å². The highest BCUT2D eigenvalue weighted by atomic mass is 16.2. The van der Waals surface area contributed by atoms with Gasteiger partial charge in [-0.25, -0.2) is 5.32 Å². The van der Waals surface area contributed by atoms with Crippen LogP contribution in [0.2, 0.25) is 0 Å². The number of unbranched alkanes of at least 4 members (excludes halogenated alkanes) is 2. The number of nitrogens with zero attached hydrogens (tertiary/aromatic N) is 1. The molecule has 0 bridgehead atoms. The van der Waals surface area contributed by atoms with Crippen molar-refractivity contribution < 1.29 is 5.11 Å². The maximum absolute atomic E-state index is 8.43. The molecule has 0 rings (SSSR count). The van der Waals surface area contributed by atoms with E-state index in [0.717, 1.165) is 25.9 Å². The van der Waals surface area contributed by atoms with Crippen LogP contribution < -0.4 is 5.32 Å². The van der Waals surface area contributed by atoms with Crippen molar-refractivity contribution in [2.24, 2.45) is 0 Å². The molecular weight excluding hydrogens is 126 g/mol. The maximum atomic E-state index is 8.43. The summed E-state index contributed by atoms with van der Waals surface area (Å²) in [5.41, 5.74) is 0. The van der Waals surface area contributed by atoms with Crippen LogP contribution in [0.3, 0.4) is 0 Å². The summed E-state index contributed by atoms with van der Waals surface area (Å²) in [4.78, 5) is 0. The topological polar surface area (TPSA) is 34.3 Å². The van der Waals surface area contributed by atoms with Gasteiger partial charge in [-0.15, -0.1) is 0 Å². The minimum atomic E-state index is 0.309. The molecule has 0 aromatic rings. The van der Waals surface area contributed by atoms with Crippen LogP contribution in [0.15, 0.2) is 0 Å². The number of hydrogen-bond donors (Lipinski definition) is 1. The van der Waals surface area contributed by atoms with E-state index in [0.29, 0.717) is 6.61 Å². The van der Waals surface area contributed by atoms with Crippen molar-refractivity contribution in [1.29, 1.82) is 0 Å². The molecule has 0 aromatic carbocycles. The van der Waals surface area contributed by atoms with E-state index < -0.39 is 0 Å². The first-order valence-corrected chi connectivity index (χ1v) is 4.16. The Hall–Kier alpha value is -0.0800. The molecule has 2 nitrogen and oxygen atoms in total. The monoisotopic (exact) mass is 144 g/mol. The fourth-order valence-electron chi connectivity index (χ4n) is 0.717. The second kappa shape index (κ2) is 8.92. The second-order valence-electron chi connectivity index (χ2n) is 2.46. The Morgan fingerprint density at radius 1 is 1.10 bits per heavy atom. The predicted octanol–water partition coefficient (Wildman–Crippen LogP) is 1.16. The molecule has 0 aliphatic heterocycles. The van der Waals surface area contributed by atoms with Crippen LogP contribution in [0, 0.1) is 0 Å². The minimum Gasteiger partial charge on any atom is -0.396 e. The average Bonchev–Trinajstić information content (AvgIpc) is 1.97. The van der Waals surface area contributed by atoms with Crippen molar-refractivity contribution in [2.45, 2.75) is 32.6 Å². The van der Waals surface area contributed by atoms with Gasteiger partial charge in [0, 0.05) is 19.7 Å². The molecule has 0 aliphatic carbocycles. The van der Waals surface area contributed by atoms with E-state index in [9.17, 15) is 0 Å². The normalized spacial score (nSPS) is 10.2. The van der Waals surface area contributed by atoms with E-state index in [-0.39, 0.29) is 0 Å². The van der Waals surface area contributed by atoms with Gasteiger partial charge in [0.1, 0.15) is 0 Å². The summed E-state index contributed by atoms with van der Waals surface area (Å²) in [5.74, 6) is 0. The summed E-state index contributed by atoms with van der Waals surface area (Å²) in [6.45, 7) is 4.41. The van der Waals surface area contributed by atoms with E-state index in [2.05, 4.69) is 12.2 Å². The Labute approximate surface area is 63.6 Å². The van der Waals surface area contributed by atoms with Crippen molar-refractivity contribution in [3.63, 3.8) is 0 Å². The van der Waals surface area contributed by atoms with Crippen LogP contribution in [-0.4, -0.2) is 24.8 Å². The lowest BCUT2D eigenvalue weighted by atomic mass is 10.3. The smallest absolute Gasteiger partial charge is 0.0431 e. The zero-order valence-corrected chi connectivity index (χ0v) is 6.84. The third-order valence-electron chi connectivity index (χ3n) is 1.39. The van der Waals surface area contributed by atoms with Gasteiger partial charge in [-0.2, -0.15) is 0 Å².